The van der Waals surface area contributed by atoms with E-state index in [0.29, 0.717) is 18.8 Å². The Morgan fingerprint density at radius 3 is 2.53 bits per heavy atom. The predicted molar refractivity (Wildman–Crippen MR) is 122 cm³/mol. The lowest BCUT2D eigenvalue weighted by Gasteiger charge is -2.37. The van der Waals surface area contributed by atoms with Crippen molar-refractivity contribution in [3.8, 4) is 0 Å². The van der Waals surface area contributed by atoms with Crippen molar-refractivity contribution < 1.29 is 19.4 Å². The first-order valence-electron chi connectivity index (χ1n) is 11.6. The first-order chi connectivity index (χ1) is 15.6. The van der Waals surface area contributed by atoms with Gasteiger partial charge in [0.05, 0.1) is 24.8 Å². The van der Waals surface area contributed by atoms with Gasteiger partial charge in [-0.05, 0) is 43.9 Å². The lowest BCUT2D eigenvalue weighted by atomic mass is 10.2. The minimum absolute atomic E-state index is 0.136. The fourth-order valence-electron chi connectivity index (χ4n) is 4.43. The third kappa shape index (κ3) is 5.98. The topological polar surface area (TPSA) is 97.7 Å². The highest BCUT2D eigenvalue weighted by atomic mass is 16.5. The van der Waals surface area contributed by atoms with Crippen LogP contribution >= 0.6 is 0 Å². The van der Waals surface area contributed by atoms with Crippen LogP contribution in [-0.4, -0.2) is 103 Å². The third-order valence-corrected chi connectivity index (χ3v) is 6.32. The van der Waals surface area contributed by atoms with Crippen molar-refractivity contribution in [3.63, 3.8) is 0 Å². The van der Waals surface area contributed by atoms with E-state index in [4.69, 9.17) is 9.73 Å². The number of aromatic carboxylic acids is 1. The van der Waals surface area contributed by atoms with E-state index in [2.05, 4.69) is 15.1 Å². The molecule has 3 fully saturated rings. The van der Waals surface area contributed by atoms with Crippen molar-refractivity contribution in [1.29, 1.82) is 0 Å². The Balaban J connectivity index is 1.38. The van der Waals surface area contributed by atoms with Crippen LogP contribution in [0.1, 0.15) is 36.0 Å². The Labute approximate surface area is 189 Å². The fourth-order valence-corrected chi connectivity index (χ4v) is 4.43. The smallest absolute Gasteiger partial charge is 0.335 e. The van der Waals surface area contributed by atoms with E-state index in [0.717, 1.165) is 77.5 Å². The second-order valence-corrected chi connectivity index (χ2v) is 8.66. The molecule has 0 radical (unpaired) electrons. The van der Waals surface area contributed by atoms with Crippen LogP contribution in [0.15, 0.2) is 29.3 Å². The average molecular weight is 444 g/mol. The standard InChI is InChI=1S/C23H33N5O4/c29-21(27-8-1-2-9-27)17-26-10-12-28(13-11-26)23(24-16-20-7-4-14-32-20)25-19-6-3-5-18(15-19)22(30)31/h3,5-6,15,20H,1-2,4,7-14,16-17H2,(H,24,25)(H,30,31)/t20-/m0/s1. The van der Waals surface area contributed by atoms with Gasteiger partial charge in [0.1, 0.15) is 0 Å². The maximum atomic E-state index is 12.5. The minimum atomic E-state index is -0.956. The Morgan fingerprint density at radius 2 is 1.84 bits per heavy atom. The largest absolute Gasteiger partial charge is 0.478 e. The van der Waals surface area contributed by atoms with Gasteiger partial charge >= 0.3 is 5.97 Å². The van der Waals surface area contributed by atoms with Gasteiger partial charge in [-0.25, -0.2) is 4.79 Å². The lowest BCUT2D eigenvalue weighted by molar-refractivity contribution is -0.131. The summed E-state index contributed by atoms with van der Waals surface area (Å²) in [5, 5.41) is 12.6. The molecule has 0 spiro atoms. The zero-order chi connectivity index (χ0) is 22.3. The summed E-state index contributed by atoms with van der Waals surface area (Å²) >= 11 is 0. The molecule has 174 valence electrons. The highest BCUT2D eigenvalue weighted by molar-refractivity contribution is 5.96. The number of anilines is 1. The van der Waals surface area contributed by atoms with Crippen LogP contribution in [0.5, 0.6) is 0 Å². The number of likely N-dealkylation sites (tertiary alicyclic amines) is 1. The Hall–Kier alpha value is -2.65. The molecule has 9 nitrogen and oxygen atoms in total. The molecule has 3 aliphatic heterocycles. The number of hydrogen-bond donors (Lipinski definition) is 2. The van der Waals surface area contributed by atoms with E-state index in [9.17, 15) is 14.7 Å². The van der Waals surface area contributed by atoms with Crippen LogP contribution in [0.3, 0.4) is 0 Å². The first kappa shape index (κ1) is 22.5. The molecule has 0 bridgehead atoms. The minimum Gasteiger partial charge on any atom is -0.478 e. The number of benzene rings is 1. The highest BCUT2D eigenvalue weighted by Gasteiger charge is 2.25. The second kappa shape index (κ2) is 10.8. The molecule has 3 saturated heterocycles. The van der Waals surface area contributed by atoms with Gasteiger partial charge in [0.2, 0.25) is 5.91 Å². The van der Waals surface area contributed by atoms with Gasteiger partial charge in [0, 0.05) is 51.6 Å². The van der Waals surface area contributed by atoms with Crippen molar-refractivity contribution in [2.45, 2.75) is 31.8 Å². The van der Waals surface area contributed by atoms with Crippen LogP contribution in [0.2, 0.25) is 0 Å². The van der Waals surface area contributed by atoms with Crippen molar-refractivity contribution in [3.05, 3.63) is 29.8 Å². The molecule has 0 unspecified atom stereocenters. The summed E-state index contributed by atoms with van der Waals surface area (Å²) in [7, 11) is 0. The number of guanidine groups is 1. The number of carbonyl (C=O) groups is 2. The monoisotopic (exact) mass is 443 g/mol. The van der Waals surface area contributed by atoms with Gasteiger partial charge in [-0.1, -0.05) is 6.07 Å². The quantitative estimate of drug-likeness (QED) is 0.509. The predicted octanol–water partition coefficient (Wildman–Crippen LogP) is 1.57. The molecule has 9 heteroatoms. The van der Waals surface area contributed by atoms with Gasteiger partial charge < -0.3 is 25.0 Å². The number of aliphatic imine (C=N–C) groups is 1. The van der Waals surface area contributed by atoms with Crippen molar-refractivity contribution in [2.24, 2.45) is 4.99 Å². The van der Waals surface area contributed by atoms with Gasteiger partial charge in [-0.3, -0.25) is 14.7 Å². The van der Waals surface area contributed by atoms with E-state index in [-0.39, 0.29) is 17.6 Å². The first-order valence-corrected chi connectivity index (χ1v) is 11.6. The van der Waals surface area contributed by atoms with Gasteiger partial charge in [0.25, 0.3) is 0 Å². The second-order valence-electron chi connectivity index (χ2n) is 8.66. The molecule has 1 atom stereocenters. The Morgan fingerprint density at radius 1 is 1.06 bits per heavy atom. The summed E-state index contributed by atoms with van der Waals surface area (Å²) < 4.78 is 5.72. The molecule has 2 N–H and O–H groups in total. The van der Waals surface area contributed by atoms with Crippen molar-refractivity contribution in [2.75, 3.05) is 64.3 Å². The SMILES string of the molecule is O=C(O)c1cccc(NC(=NC[C@@H]2CCCO2)N2CCN(CC(=O)N3CCCC3)CC2)c1. The number of rotatable bonds is 6. The number of carbonyl (C=O) groups excluding carboxylic acids is 1. The number of carboxylic acids is 1. The molecule has 0 aromatic heterocycles. The van der Waals surface area contributed by atoms with E-state index in [1.165, 1.54) is 0 Å². The number of nitrogens with zero attached hydrogens (tertiary/aromatic N) is 4. The Bertz CT molecular complexity index is 825. The molecule has 1 aromatic carbocycles. The van der Waals surface area contributed by atoms with E-state index < -0.39 is 5.97 Å². The maximum absolute atomic E-state index is 12.5. The summed E-state index contributed by atoms with van der Waals surface area (Å²) in [5.74, 6) is 0.00293. The maximum Gasteiger partial charge on any atom is 0.335 e. The van der Waals surface area contributed by atoms with Crippen LogP contribution in [0.4, 0.5) is 5.69 Å². The van der Waals surface area contributed by atoms with Crippen molar-refractivity contribution in [1.82, 2.24) is 14.7 Å². The van der Waals surface area contributed by atoms with E-state index in [1.54, 1.807) is 18.2 Å². The molecule has 1 aromatic rings. The van der Waals surface area contributed by atoms with Gasteiger partial charge in [0.15, 0.2) is 5.96 Å². The summed E-state index contributed by atoms with van der Waals surface area (Å²) in [6.07, 6.45) is 4.43. The van der Waals surface area contributed by atoms with Crippen molar-refractivity contribution >= 4 is 23.5 Å². The average Bonchev–Trinajstić information content (AvgIpc) is 3.52. The molecule has 3 heterocycles. The molecule has 0 aliphatic carbocycles. The number of hydrogen-bond acceptors (Lipinski definition) is 5. The summed E-state index contributed by atoms with van der Waals surface area (Å²) in [4.78, 5) is 35.0. The zero-order valence-corrected chi connectivity index (χ0v) is 18.5. The zero-order valence-electron chi connectivity index (χ0n) is 18.5. The number of amides is 1. The fraction of sp³-hybridized carbons (Fsp3) is 0.609. The van der Waals surface area contributed by atoms with E-state index in [1.807, 2.05) is 11.0 Å². The lowest BCUT2D eigenvalue weighted by Crippen LogP contribution is -2.52. The Kier molecular flexibility index (Phi) is 7.59. The number of ether oxygens (including phenoxy) is 1. The molecule has 1 amide bonds. The molecule has 3 aliphatic rings. The van der Waals surface area contributed by atoms with E-state index >= 15 is 0 Å². The number of nitrogens with one attached hydrogen (secondary N) is 1. The normalized spacial score (nSPS) is 22.4. The van der Waals surface area contributed by atoms with Gasteiger partial charge in [-0.2, -0.15) is 0 Å². The summed E-state index contributed by atoms with van der Waals surface area (Å²) in [5.41, 5.74) is 0.932. The van der Waals surface area contributed by atoms with Crippen LogP contribution in [0, 0.1) is 0 Å². The molecular weight excluding hydrogens is 410 g/mol. The van der Waals surface area contributed by atoms with Crippen LogP contribution in [0.25, 0.3) is 0 Å². The number of piperazine rings is 1. The third-order valence-electron chi connectivity index (χ3n) is 6.32. The highest BCUT2D eigenvalue weighted by Crippen LogP contribution is 2.16. The summed E-state index contributed by atoms with van der Waals surface area (Å²) in [6, 6.07) is 6.77. The van der Waals surface area contributed by atoms with Crippen LogP contribution in [-0.2, 0) is 9.53 Å². The van der Waals surface area contributed by atoms with Crippen LogP contribution < -0.4 is 5.32 Å². The summed E-state index contributed by atoms with van der Waals surface area (Å²) in [6.45, 7) is 6.69. The molecular formula is C23H33N5O4. The molecule has 32 heavy (non-hydrogen) atoms. The molecule has 0 saturated carbocycles. The number of carboxylic acid groups (broad SMARTS) is 1. The molecule has 4 rings (SSSR count). The van der Waals surface area contributed by atoms with Gasteiger partial charge in [-0.15, -0.1) is 0 Å².